The summed E-state index contributed by atoms with van der Waals surface area (Å²) < 4.78 is 5.12. The molecule has 0 bridgehead atoms. The quantitative estimate of drug-likeness (QED) is 0.846. The molecular formula is C15H20ClN3O2S. The molecule has 0 aliphatic rings. The molecule has 0 spiro atoms. The summed E-state index contributed by atoms with van der Waals surface area (Å²) in [5.74, 6) is 0.626. The van der Waals surface area contributed by atoms with Crippen molar-refractivity contribution in [3.8, 4) is 5.75 Å². The highest BCUT2D eigenvalue weighted by Crippen LogP contribution is 2.18. The van der Waals surface area contributed by atoms with E-state index in [-0.39, 0.29) is 24.4 Å². The first-order valence-corrected chi connectivity index (χ1v) is 7.61. The maximum Gasteiger partial charge on any atom is 0.271 e. The lowest BCUT2D eigenvalue weighted by Gasteiger charge is -2.13. The molecule has 1 amide bonds. The number of thiazole rings is 1. The van der Waals surface area contributed by atoms with E-state index in [1.807, 2.05) is 31.2 Å². The standard InChI is InChI=1S/C15H19N3O2S.ClH/c1-10(11-3-5-12(20-2)6-4-11)17-15(19)13-9-21-14(18-13)7-8-16;/h3-6,9-10H,7-8,16H2,1-2H3,(H,17,19);1H. The van der Waals surface area contributed by atoms with E-state index in [4.69, 9.17) is 10.5 Å². The molecule has 7 heteroatoms. The van der Waals surface area contributed by atoms with Gasteiger partial charge in [-0.25, -0.2) is 4.98 Å². The minimum atomic E-state index is -0.169. The fraction of sp³-hybridized carbons (Fsp3) is 0.333. The van der Waals surface area contributed by atoms with Crippen molar-refractivity contribution in [2.24, 2.45) is 5.73 Å². The number of benzene rings is 1. The van der Waals surface area contributed by atoms with E-state index in [0.29, 0.717) is 18.7 Å². The Morgan fingerprint density at radius 3 is 2.68 bits per heavy atom. The summed E-state index contributed by atoms with van der Waals surface area (Å²) >= 11 is 1.46. The van der Waals surface area contributed by atoms with Gasteiger partial charge >= 0.3 is 0 Å². The van der Waals surface area contributed by atoms with Gasteiger partial charge in [0, 0.05) is 11.8 Å². The zero-order chi connectivity index (χ0) is 15.2. The molecule has 0 aliphatic carbocycles. The van der Waals surface area contributed by atoms with Crippen LogP contribution < -0.4 is 15.8 Å². The number of carbonyl (C=O) groups excluding carboxylic acids is 1. The third-order valence-electron chi connectivity index (χ3n) is 3.11. The second-order valence-electron chi connectivity index (χ2n) is 4.63. The summed E-state index contributed by atoms with van der Waals surface area (Å²) in [6.07, 6.45) is 0.700. The van der Waals surface area contributed by atoms with E-state index in [2.05, 4.69) is 10.3 Å². The van der Waals surface area contributed by atoms with Crippen LogP contribution in [0.4, 0.5) is 0 Å². The van der Waals surface area contributed by atoms with Gasteiger partial charge in [0.15, 0.2) is 0 Å². The van der Waals surface area contributed by atoms with Crippen LogP contribution in [-0.2, 0) is 6.42 Å². The fourth-order valence-corrected chi connectivity index (χ4v) is 2.69. The smallest absolute Gasteiger partial charge is 0.271 e. The van der Waals surface area contributed by atoms with Gasteiger partial charge in [-0.3, -0.25) is 4.79 Å². The Kier molecular flexibility index (Phi) is 7.31. The lowest BCUT2D eigenvalue weighted by atomic mass is 10.1. The number of hydrogen-bond acceptors (Lipinski definition) is 5. The lowest BCUT2D eigenvalue weighted by molar-refractivity contribution is 0.0935. The Hall–Kier alpha value is -1.63. The van der Waals surface area contributed by atoms with Crippen molar-refractivity contribution >= 4 is 29.7 Å². The highest BCUT2D eigenvalue weighted by molar-refractivity contribution is 7.09. The van der Waals surface area contributed by atoms with Crippen LogP contribution in [0.2, 0.25) is 0 Å². The Morgan fingerprint density at radius 1 is 1.41 bits per heavy atom. The largest absolute Gasteiger partial charge is 0.497 e. The highest BCUT2D eigenvalue weighted by Gasteiger charge is 2.14. The fourth-order valence-electron chi connectivity index (χ4n) is 1.90. The highest BCUT2D eigenvalue weighted by atomic mass is 35.5. The van der Waals surface area contributed by atoms with E-state index in [9.17, 15) is 4.79 Å². The SMILES string of the molecule is COc1ccc(C(C)NC(=O)c2csc(CCN)n2)cc1.Cl. The van der Waals surface area contributed by atoms with E-state index in [0.717, 1.165) is 16.3 Å². The van der Waals surface area contributed by atoms with Crippen molar-refractivity contribution in [3.63, 3.8) is 0 Å². The van der Waals surface area contributed by atoms with Gasteiger partial charge in [-0.15, -0.1) is 23.7 Å². The average molecular weight is 342 g/mol. The second-order valence-corrected chi connectivity index (χ2v) is 5.58. The summed E-state index contributed by atoms with van der Waals surface area (Å²) in [5.41, 5.74) is 6.95. The topological polar surface area (TPSA) is 77.2 Å². The second kappa shape index (κ2) is 8.73. The third kappa shape index (κ3) is 4.69. The van der Waals surface area contributed by atoms with Gasteiger partial charge < -0.3 is 15.8 Å². The third-order valence-corrected chi connectivity index (χ3v) is 4.01. The Balaban J connectivity index is 0.00000242. The molecule has 1 aromatic carbocycles. The molecular weight excluding hydrogens is 322 g/mol. The number of hydrogen-bond donors (Lipinski definition) is 2. The van der Waals surface area contributed by atoms with Crippen LogP contribution in [0.25, 0.3) is 0 Å². The summed E-state index contributed by atoms with van der Waals surface area (Å²) in [4.78, 5) is 16.4. The van der Waals surface area contributed by atoms with E-state index < -0.39 is 0 Å². The minimum absolute atomic E-state index is 0. The van der Waals surface area contributed by atoms with E-state index in [1.54, 1.807) is 12.5 Å². The molecule has 2 rings (SSSR count). The maximum atomic E-state index is 12.1. The van der Waals surface area contributed by atoms with Crippen LogP contribution in [0.5, 0.6) is 5.75 Å². The molecule has 1 heterocycles. The number of nitrogens with zero attached hydrogens (tertiary/aromatic N) is 1. The summed E-state index contributed by atoms with van der Waals surface area (Å²) in [6.45, 7) is 2.48. The molecule has 5 nitrogen and oxygen atoms in total. The number of ether oxygens (including phenoxy) is 1. The molecule has 0 saturated heterocycles. The Morgan fingerprint density at radius 2 is 2.09 bits per heavy atom. The van der Waals surface area contributed by atoms with Gasteiger partial charge in [-0.2, -0.15) is 0 Å². The molecule has 1 atom stereocenters. The van der Waals surface area contributed by atoms with Crippen molar-refractivity contribution in [1.29, 1.82) is 0 Å². The van der Waals surface area contributed by atoms with Gasteiger partial charge in [0.25, 0.3) is 5.91 Å². The van der Waals surface area contributed by atoms with Crippen molar-refractivity contribution in [2.45, 2.75) is 19.4 Å². The molecule has 2 aromatic rings. The van der Waals surface area contributed by atoms with Crippen LogP contribution in [0.3, 0.4) is 0 Å². The van der Waals surface area contributed by atoms with Gasteiger partial charge in [-0.05, 0) is 31.2 Å². The van der Waals surface area contributed by atoms with E-state index in [1.165, 1.54) is 11.3 Å². The first-order chi connectivity index (χ1) is 10.1. The molecule has 1 unspecified atom stereocenters. The van der Waals surface area contributed by atoms with Crippen LogP contribution in [-0.4, -0.2) is 24.5 Å². The summed E-state index contributed by atoms with van der Waals surface area (Å²) in [7, 11) is 1.63. The number of rotatable bonds is 6. The van der Waals surface area contributed by atoms with Crippen LogP contribution in [0.15, 0.2) is 29.6 Å². The number of aromatic nitrogens is 1. The zero-order valence-electron chi connectivity index (χ0n) is 12.5. The predicted octanol–water partition coefficient (Wildman–Crippen LogP) is 2.57. The predicted molar refractivity (Wildman–Crippen MR) is 91.0 cm³/mol. The number of nitrogens with two attached hydrogens (primary N) is 1. The van der Waals surface area contributed by atoms with Gasteiger partial charge in [0.05, 0.1) is 18.2 Å². The number of halogens is 1. The summed E-state index contributed by atoms with van der Waals surface area (Å²) in [5, 5.41) is 5.59. The molecule has 0 aliphatic heterocycles. The monoisotopic (exact) mass is 341 g/mol. The molecule has 0 saturated carbocycles. The van der Waals surface area contributed by atoms with E-state index >= 15 is 0 Å². The first kappa shape index (κ1) is 18.4. The number of carbonyl (C=O) groups is 1. The average Bonchev–Trinajstić information content (AvgIpc) is 2.96. The Labute approximate surface area is 140 Å². The van der Waals surface area contributed by atoms with Gasteiger partial charge in [-0.1, -0.05) is 12.1 Å². The van der Waals surface area contributed by atoms with Crippen molar-refractivity contribution in [1.82, 2.24) is 10.3 Å². The molecule has 0 fully saturated rings. The maximum absolute atomic E-state index is 12.1. The van der Waals surface area contributed by atoms with Crippen LogP contribution in [0.1, 0.15) is 34.0 Å². The van der Waals surface area contributed by atoms with Gasteiger partial charge in [0.1, 0.15) is 11.4 Å². The molecule has 3 N–H and O–H groups in total. The first-order valence-electron chi connectivity index (χ1n) is 6.73. The Bertz CT molecular complexity index is 601. The minimum Gasteiger partial charge on any atom is -0.497 e. The molecule has 1 aromatic heterocycles. The number of amides is 1. The normalized spacial score (nSPS) is 11.4. The molecule has 0 radical (unpaired) electrons. The van der Waals surface area contributed by atoms with Crippen LogP contribution in [0, 0.1) is 0 Å². The van der Waals surface area contributed by atoms with Crippen molar-refractivity contribution in [2.75, 3.05) is 13.7 Å². The molecule has 22 heavy (non-hydrogen) atoms. The van der Waals surface area contributed by atoms with Gasteiger partial charge in [0.2, 0.25) is 0 Å². The molecule has 120 valence electrons. The number of nitrogens with one attached hydrogen (secondary N) is 1. The summed E-state index contributed by atoms with van der Waals surface area (Å²) in [6, 6.07) is 7.53. The van der Waals surface area contributed by atoms with Crippen molar-refractivity contribution < 1.29 is 9.53 Å². The van der Waals surface area contributed by atoms with Crippen molar-refractivity contribution in [3.05, 3.63) is 45.9 Å². The zero-order valence-corrected chi connectivity index (χ0v) is 14.2. The van der Waals surface area contributed by atoms with Crippen LogP contribution >= 0.6 is 23.7 Å². The number of methoxy groups -OCH3 is 1. The lowest BCUT2D eigenvalue weighted by Crippen LogP contribution is -2.26.